The van der Waals surface area contributed by atoms with E-state index in [-0.39, 0.29) is 18.3 Å². The lowest BCUT2D eigenvalue weighted by molar-refractivity contribution is 0.0951. The molecule has 0 aliphatic rings. The van der Waals surface area contributed by atoms with E-state index in [4.69, 9.17) is 5.73 Å². The van der Waals surface area contributed by atoms with Crippen LogP contribution in [0.3, 0.4) is 0 Å². The number of benzene rings is 1. The van der Waals surface area contributed by atoms with Gasteiger partial charge in [-0.1, -0.05) is 24.3 Å². The van der Waals surface area contributed by atoms with Gasteiger partial charge in [-0.15, -0.1) is 0 Å². The molecule has 4 rings (SSSR count). The molecule has 0 saturated carbocycles. The lowest BCUT2D eigenvalue weighted by Gasteiger charge is -2.13. The highest BCUT2D eigenvalue weighted by Crippen LogP contribution is 2.22. The van der Waals surface area contributed by atoms with Gasteiger partial charge in [0, 0.05) is 31.0 Å². The molecule has 34 heavy (non-hydrogen) atoms. The van der Waals surface area contributed by atoms with E-state index in [0.29, 0.717) is 42.3 Å². The van der Waals surface area contributed by atoms with Crippen LogP contribution in [0.25, 0.3) is 11.3 Å². The van der Waals surface area contributed by atoms with Crippen LogP contribution in [0.1, 0.15) is 27.3 Å². The summed E-state index contributed by atoms with van der Waals surface area (Å²) >= 11 is 0. The molecule has 3 heterocycles. The average molecular weight is 457 g/mol. The number of nitrogens with one attached hydrogen (secondary N) is 2. The summed E-state index contributed by atoms with van der Waals surface area (Å²) in [5.74, 6) is -0.126. The third-order valence-electron chi connectivity index (χ3n) is 5.19. The van der Waals surface area contributed by atoms with Gasteiger partial charge in [0.05, 0.1) is 29.2 Å². The maximum atomic E-state index is 13.5. The molecule has 0 aliphatic carbocycles. The van der Waals surface area contributed by atoms with Crippen LogP contribution >= 0.6 is 0 Å². The normalized spacial score (nSPS) is 10.6. The van der Waals surface area contributed by atoms with E-state index in [1.807, 2.05) is 42.5 Å². The van der Waals surface area contributed by atoms with Gasteiger partial charge in [0.1, 0.15) is 11.6 Å². The highest BCUT2D eigenvalue weighted by molar-refractivity contribution is 5.99. The van der Waals surface area contributed by atoms with E-state index in [2.05, 4.69) is 25.6 Å². The minimum atomic E-state index is -0.293. The molecule has 4 N–H and O–H groups in total. The number of amides is 1. The number of rotatable bonds is 9. The molecule has 0 aliphatic heterocycles. The number of nitrogens with zero attached hydrogens (tertiary/aromatic N) is 3. The number of anilines is 1. The lowest BCUT2D eigenvalue weighted by Crippen LogP contribution is -2.25. The van der Waals surface area contributed by atoms with E-state index in [1.165, 1.54) is 12.1 Å². The topological polar surface area (TPSA) is 106 Å². The molecule has 0 fully saturated rings. The van der Waals surface area contributed by atoms with Gasteiger partial charge in [0.2, 0.25) is 0 Å². The quantitative estimate of drug-likeness (QED) is 0.355. The zero-order valence-corrected chi connectivity index (χ0v) is 18.5. The fourth-order valence-corrected chi connectivity index (χ4v) is 3.48. The first kappa shape index (κ1) is 23.0. The molecule has 0 atom stereocenters. The lowest BCUT2D eigenvalue weighted by atomic mass is 10.1. The second-order valence-corrected chi connectivity index (χ2v) is 7.65. The van der Waals surface area contributed by atoms with Crippen LogP contribution in [0.4, 0.5) is 10.2 Å². The standard InChI is InChI=1S/C26H25FN6O/c27-20-6-3-5-18(13-20)10-12-30-25-23(14-19(16-31-25)24-9-1-2-11-29-24)26(34)32-17-22-8-4-7-21(15-28)33-22/h1-9,11,13-14,16H,10,12,15,17,28H2,(H,30,31)(H,32,34). The van der Waals surface area contributed by atoms with Crippen LogP contribution in [0, 0.1) is 5.82 Å². The fourth-order valence-electron chi connectivity index (χ4n) is 3.48. The second kappa shape index (κ2) is 11.1. The molecular formula is C26H25FN6O. The number of hydrogen-bond acceptors (Lipinski definition) is 6. The van der Waals surface area contributed by atoms with E-state index in [0.717, 1.165) is 16.8 Å². The summed E-state index contributed by atoms with van der Waals surface area (Å²) in [7, 11) is 0. The third kappa shape index (κ3) is 5.99. The molecule has 1 aromatic carbocycles. The number of carbonyl (C=O) groups is 1. The molecule has 8 heteroatoms. The minimum absolute atomic E-state index is 0.253. The van der Waals surface area contributed by atoms with Crippen molar-refractivity contribution < 1.29 is 9.18 Å². The maximum absolute atomic E-state index is 13.5. The second-order valence-electron chi connectivity index (χ2n) is 7.65. The Morgan fingerprint density at radius 2 is 1.82 bits per heavy atom. The van der Waals surface area contributed by atoms with Crippen molar-refractivity contribution >= 4 is 11.7 Å². The maximum Gasteiger partial charge on any atom is 0.255 e. The molecule has 172 valence electrons. The van der Waals surface area contributed by atoms with Crippen molar-refractivity contribution in [3.63, 3.8) is 0 Å². The fraction of sp³-hybridized carbons (Fsp3) is 0.154. The minimum Gasteiger partial charge on any atom is -0.369 e. The predicted octanol–water partition coefficient (Wildman–Crippen LogP) is 3.72. The van der Waals surface area contributed by atoms with E-state index in [9.17, 15) is 9.18 Å². The third-order valence-corrected chi connectivity index (χ3v) is 5.19. The van der Waals surface area contributed by atoms with Crippen molar-refractivity contribution in [3.05, 3.63) is 107 Å². The number of carbonyl (C=O) groups excluding carboxylic acids is 1. The molecule has 1 amide bonds. The zero-order valence-electron chi connectivity index (χ0n) is 18.5. The molecular weight excluding hydrogens is 431 g/mol. The first-order valence-corrected chi connectivity index (χ1v) is 11.0. The van der Waals surface area contributed by atoms with Gasteiger partial charge in [-0.25, -0.2) is 9.37 Å². The van der Waals surface area contributed by atoms with Crippen LogP contribution in [0.2, 0.25) is 0 Å². The van der Waals surface area contributed by atoms with Gasteiger partial charge in [-0.05, 0) is 54.4 Å². The van der Waals surface area contributed by atoms with Gasteiger partial charge in [0.25, 0.3) is 5.91 Å². The Kier molecular flexibility index (Phi) is 7.52. The molecule has 0 bridgehead atoms. The van der Waals surface area contributed by atoms with Crippen LogP contribution < -0.4 is 16.4 Å². The van der Waals surface area contributed by atoms with Gasteiger partial charge < -0.3 is 16.4 Å². The average Bonchev–Trinajstić information content (AvgIpc) is 2.88. The molecule has 4 aromatic rings. The Labute approximate surface area is 197 Å². The number of aromatic nitrogens is 3. The van der Waals surface area contributed by atoms with E-state index < -0.39 is 0 Å². The largest absolute Gasteiger partial charge is 0.369 e. The Bertz CT molecular complexity index is 1270. The molecule has 3 aromatic heterocycles. The van der Waals surface area contributed by atoms with Gasteiger partial charge in [-0.2, -0.15) is 0 Å². The molecule has 0 spiro atoms. The van der Waals surface area contributed by atoms with Crippen molar-refractivity contribution in [1.29, 1.82) is 0 Å². The Hall–Kier alpha value is -4.17. The van der Waals surface area contributed by atoms with Gasteiger partial charge >= 0.3 is 0 Å². The van der Waals surface area contributed by atoms with E-state index >= 15 is 0 Å². The highest BCUT2D eigenvalue weighted by atomic mass is 19.1. The molecule has 0 saturated heterocycles. The van der Waals surface area contributed by atoms with Crippen LogP contribution in [0.5, 0.6) is 0 Å². The van der Waals surface area contributed by atoms with Crippen LogP contribution in [-0.4, -0.2) is 27.4 Å². The van der Waals surface area contributed by atoms with Gasteiger partial charge in [0.15, 0.2) is 0 Å². The first-order valence-electron chi connectivity index (χ1n) is 11.0. The van der Waals surface area contributed by atoms with Crippen LogP contribution in [0.15, 0.2) is 79.1 Å². The number of pyridine rings is 3. The Morgan fingerprint density at radius 3 is 2.62 bits per heavy atom. The summed E-state index contributed by atoms with van der Waals surface area (Å²) in [6.07, 6.45) is 3.95. The number of hydrogen-bond donors (Lipinski definition) is 3. The van der Waals surface area contributed by atoms with Crippen molar-refractivity contribution in [3.8, 4) is 11.3 Å². The molecule has 7 nitrogen and oxygen atoms in total. The summed E-state index contributed by atoms with van der Waals surface area (Å²) in [5.41, 5.74) is 9.81. The Morgan fingerprint density at radius 1 is 0.971 bits per heavy atom. The predicted molar refractivity (Wildman–Crippen MR) is 129 cm³/mol. The SMILES string of the molecule is NCc1cccc(CNC(=O)c2cc(-c3ccccn3)cnc2NCCc2cccc(F)c2)n1. The van der Waals surface area contributed by atoms with Gasteiger partial charge in [-0.3, -0.25) is 14.8 Å². The number of nitrogens with two attached hydrogens (primary N) is 1. The molecule has 0 unspecified atom stereocenters. The van der Waals surface area contributed by atoms with E-state index in [1.54, 1.807) is 24.5 Å². The molecule has 0 radical (unpaired) electrons. The first-order chi connectivity index (χ1) is 16.6. The van der Waals surface area contributed by atoms with Crippen molar-refractivity contribution in [2.75, 3.05) is 11.9 Å². The summed E-state index contributed by atoms with van der Waals surface area (Å²) in [5, 5.41) is 6.12. The highest BCUT2D eigenvalue weighted by Gasteiger charge is 2.15. The van der Waals surface area contributed by atoms with Crippen molar-refractivity contribution in [2.45, 2.75) is 19.5 Å². The van der Waals surface area contributed by atoms with Crippen molar-refractivity contribution in [1.82, 2.24) is 20.3 Å². The summed E-state index contributed by atoms with van der Waals surface area (Å²) in [4.78, 5) is 26.4. The van der Waals surface area contributed by atoms with Crippen LogP contribution in [-0.2, 0) is 19.5 Å². The smallest absolute Gasteiger partial charge is 0.255 e. The summed E-state index contributed by atoms with van der Waals surface area (Å²) in [6, 6.07) is 19.3. The monoisotopic (exact) mass is 456 g/mol. The summed E-state index contributed by atoms with van der Waals surface area (Å²) < 4.78 is 13.5. The Balaban J connectivity index is 1.53. The zero-order chi connectivity index (χ0) is 23.8. The number of halogens is 1. The van der Waals surface area contributed by atoms with Crippen molar-refractivity contribution in [2.24, 2.45) is 5.73 Å². The summed E-state index contributed by atoms with van der Waals surface area (Å²) in [6.45, 7) is 1.07.